The molecule has 0 bridgehead atoms. The van der Waals surface area contributed by atoms with Crippen molar-refractivity contribution in [2.24, 2.45) is 5.92 Å². The Morgan fingerprint density at radius 2 is 1.80 bits per heavy atom. The van der Waals surface area contributed by atoms with Gasteiger partial charge in [0.2, 0.25) is 10.0 Å². The Labute approximate surface area is 150 Å². The maximum atomic E-state index is 12.9. The summed E-state index contributed by atoms with van der Waals surface area (Å²) in [4.78, 5) is 2.79. The van der Waals surface area contributed by atoms with E-state index in [1.54, 1.807) is 35.7 Å². The molecule has 0 saturated carbocycles. The molecule has 0 aliphatic carbocycles. The zero-order chi connectivity index (χ0) is 17.7. The van der Waals surface area contributed by atoms with Gasteiger partial charge >= 0.3 is 0 Å². The van der Waals surface area contributed by atoms with E-state index >= 15 is 0 Å². The van der Waals surface area contributed by atoms with Crippen LogP contribution in [0.1, 0.15) is 19.3 Å². The summed E-state index contributed by atoms with van der Waals surface area (Å²) in [7, 11) is -1.85. The number of hydrogen-bond acceptors (Lipinski definition) is 5. The molecule has 1 atom stereocenters. The molecule has 2 saturated heterocycles. The number of morpholine rings is 1. The van der Waals surface area contributed by atoms with E-state index in [0.717, 1.165) is 52.1 Å². The van der Waals surface area contributed by atoms with Gasteiger partial charge in [-0.05, 0) is 49.4 Å². The van der Waals surface area contributed by atoms with E-state index in [0.29, 0.717) is 29.7 Å². The number of methoxy groups -OCH3 is 1. The monoisotopic (exact) mass is 368 g/mol. The molecule has 140 valence electrons. The van der Waals surface area contributed by atoms with Gasteiger partial charge in [0.05, 0.1) is 25.2 Å². The summed E-state index contributed by atoms with van der Waals surface area (Å²) in [6.07, 6.45) is 2.93. The summed E-state index contributed by atoms with van der Waals surface area (Å²) in [6.45, 7) is 5.86. The van der Waals surface area contributed by atoms with Crippen LogP contribution >= 0.6 is 0 Å². The zero-order valence-electron chi connectivity index (χ0n) is 14.9. The van der Waals surface area contributed by atoms with Gasteiger partial charge in [-0.15, -0.1) is 0 Å². The quantitative estimate of drug-likeness (QED) is 0.793. The topological polar surface area (TPSA) is 59.1 Å². The molecule has 2 fully saturated rings. The predicted octanol–water partition coefficient (Wildman–Crippen LogP) is 1.82. The number of nitrogens with zero attached hydrogens (tertiary/aromatic N) is 2. The maximum Gasteiger partial charge on any atom is 0.243 e. The van der Waals surface area contributed by atoms with Crippen LogP contribution < -0.4 is 4.74 Å². The van der Waals surface area contributed by atoms with Crippen LogP contribution in [0.5, 0.6) is 5.75 Å². The molecule has 0 spiro atoms. The summed E-state index contributed by atoms with van der Waals surface area (Å²) in [5.41, 5.74) is 0. The van der Waals surface area contributed by atoms with Crippen molar-refractivity contribution in [2.75, 3.05) is 53.0 Å². The van der Waals surface area contributed by atoms with Crippen molar-refractivity contribution in [3.63, 3.8) is 0 Å². The van der Waals surface area contributed by atoms with E-state index in [9.17, 15) is 8.42 Å². The third-order valence-corrected chi connectivity index (χ3v) is 7.04. The molecule has 0 radical (unpaired) electrons. The molecule has 2 aliphatic rings. The van der Waals surface area contributed by atoms with Crippen molar-refractivity contribution >= 4 is 10.0 Å². The first-order valence-corrected chi connectivity index (χ1v) is 10.5. The minimum atomic E-state index is -3.42. The van der Waals surface area contributed by atoms with Crippen LogP contribution in [0.4, 0.5) is 0 Å². The first-order valence-electron chi connectivity index (χ1n) is 9.04. The van der Waals surface area contributed by atoms with Crippen LogP contribution in [0.3, 0.4) is 0 Å². The molecule has 25 heavy (non-hydrogen) atoms. The number of benzene rings is 1. The zero-order valence-corrected chi connectivity index (χ0v) is 15.7. The van der Waals surface area contributed by atoms with E-state index < -0.39 is 10.0 Å². The lowest BCUT2D eigenvalue weighted by Crippen LogP contribution is -2.39. The highest BCUT2D eigenvalue weighted by Gasteiger charge is 2.28. The second-order valence-electron chi connectivity index (χ2n) is 6.79. The summed E-state index contributed by atoms with van der Waals surface area (Å²) >= 11 is 0. The average molecular weight is 368 g/mol. The van der Waals surface area contributed by atoms with Crippen molar-refractivity contribution in [1.82, 2.24) is 9.21 Å². The highest BCUT2D eigenvalue weighted by molar-refractivity contribution is 7.89. The van der Waals surface area contributed by atoms with E-state index in [-0.39, 0.29) is 0 Å². The number of rotatable bonds is 5. The van der Waals surface area contributed by atoms with Crippen molar-refractivity contribution in [1.29, 1.82) is 0 Å². The highest BCUT2D eigenvalue weighted by atomic mass is 32.2. The molecular formula is C18H28N2O4S. The van der Waals surface area contributed by atoms with Crippen LogP contribution in [0.25, 0.3) is 0 Å². The van der Waals surface area contributed by atoms with Crippen LogP contribution in [0, 0.1) is 5.92 Å². The lowest BCUT2D eigenvalue weighted by atomic mass is 10.00. The Kier molecular flexibility index (Phi) is 6.33. The van der Waals surface area contributed by atoms with Gasteiger partial charge in [-0.3, -0.25) is 4.90 Å². The molecule has 1 aromatic carbocycles. The van der Waals surface area contributed by atoms with Gasteiger partial charge in [-0.1, -0.05) is 0 Å². The van der Waals surface area contributed by atoms with Crippen LogP contribution in [-0.2, 0) is 14.8 Å². The van der Waals surface area contributed by atoms with Gasteiger partial charge in [0, 0.05) is 32.7 Å². The van der Waals surface area contributed by atoms with Gasteiger partial charge in [-0.25, -0.2) is 8.42 Å². The maximum absolute atomic E-state index is 12.9. The second kappa shape index (κ2) is 8.49. The number of hydrogen-bond donors (Lipinski definition) is 0. The lowest BCUT2D eigenvalue weighted by molar-refractivity contribution is 0.0297. The molecule has 7 heteroatoms. The summed E-state index contributed by atoms with van der Waals surface area (Å²) in [6, 6.07) is 6.66. The Hall–Kier alpha value is -1.15. The second-order valence-corrected chi connectivity index (χ2v) is 8.73. The average Bonchev–Trinajstić information content (AvgIpc) is 2.89. The molecule has 2 heterocycles. The molecule has 0 aromatic heterocycles. The van der Waals surface area contributed by atoms with Crippen molar-refractivity contribution in [2.45, 2.75) is 24.2 Å². The van der Waals surface area contributed by atoms with Crippen LogP contribution in [0.15, 0.2) is 29.2 Å². The fraction of sp³-hybridized carbons (Fsp3) is 0.667. The van der Waals surface area contributed by atoms with Gasteiger partial charge in [0.25, 0.3) is 0 Å². The summed E-state index contributed by atoms with van der Waals surface area (Å²) in [5.74, 6) is 1.23. The molecule has 2 aliphatic heterocycles. The fourth-order valence-corrected chi connectivity index (χ4v) is 5.10. The lowest BCUT2D eigenvalue weighted by Gasteiger charge is -2.30. The number of ether oxygens (including phenoxy) is 2. The Balaban J connectivity index is 1.61. The van der Waals surface area contributed by atoms with E-state index in [4.69, 9.17) is 9.47 Å². The first kappa shape index (κ1) is 18.6. The van der Waals surface area contributed by atoms with E-state index in [1.165, 1.54) is 0 Å². The third-order valence-electron chi connectivity index (χ3n) is 5.12. The normalized spacial score (nSPS) is 24.0. The van der Waals surface area contributed by atoms with Crippen molar-refractivity contribution < 1.29 is 17.9 Å². The standard InChI is InChI=1S/C18H28N2O4S/c1-23-17-4-6-18(7-5-17)25(21,22)20-9-2-3-16(8-10-20)15-19-11-13-24-14-12-19/h4-7,16H,2-3,8-15H2,1H3. The van der Waals surface area contributed by atoms with Crippen LogP contribution in [0.2, 0.25) is 0 Å². The molecule has 1 unspecified atom stereocenters. The Bertz CT molecular complexity index is 642. The first-order chi connectivity index (χ1) is 12.1. The van der Waals surface area contributed by atoms with Crippen molar-refractivity contribution in [3.05, 3.63) is 24.3 Å². The molecule has 1 aromatic rings. The van der Waals surface area contributed by atoms with E-state index in [1.807, 2.05) is 0 Å². The smallest absolute Gasteiger partial charge is 0.243 e. The van der Waals surface area contributed by atoms with Gasteiger partial charge in [0.15, 0.2) is 0 Å². The van der Waals surface area contributed by atoms with Crippen molar-refractivity contribution in [3.8, 4) is 5.75 Å². The summed E-state index contributed by atoms with van der Waals surface area (Å²) < 4.78 is 38.0. The summed E-state index contributed by atoms with van der Waals surface area (Å²) in [5, 5.41) is 0. The van der Waals surface area contributed by atoms with Gasteiger partial charge in [-0.2, -0.15) is 4.31 Å². The molecule has 0 N–H and O–H groups in total. The molecule has 3 rings (SSSR count). The molecule has 6 nitrogen and oxygen atoms in total. The van der Waals surface area contributed by atoms with E-state index in [2.05, 4.69) is 4.90 Å². The Morgan fingerprint density at radius 3 is 2.48 bits per heavy atom. The predicted molar refractivity (Wildman–Crippen MR) is 96.4 cm³/mol. The minimum absolute atomic E-state index is 0.347. The van der Waals surface area contributed by atoms with Gasteiger partial charge < -0.3 is 9.47 Å². The minimum Gasteiger partial charge on any atom is -0.497 e. The SMILES string of the molecule is COc1ccc(S(=O)(=O)N2CCCC(CN3CCOCC3)CC2)cc1. The molecule has 0 amide bonds. The van der Waals surface area contributed by atoms with Gasteiger partial charge in [0.1, 0.15) is 5.75 Å². The molecular weight excluding hydrogens is 340 g/mol. The highest BCUT2D eigenvalue weighted by Crippen LogP contribution is 2.25. The van der Waals surface area contributed by atoms with Crippen LogP contribution in [-0.4, -0.2) is 70.7 Å². The number of sulfonamides is 1. The largest absolute Gasteiger partial charge is 0.497 e. The Morgan fingerprint density at radius 1 is 1.08 bits per heavy atom. The third kappa shape index (κ3) is 4.73. The fourth-order valence-electron chi connectivity index (χ4n) is 3.61.